The quantitative estimate of drug-likeness (QED) is 0.670. The van der Waals surface area contributed by atoms with Crippen molar-refractivity contribution in [3.63, 3.8) is 0 Å². The van der Waals surface area contributed by atoms with Crippen molar-refractivity contribution in [2.24, 2.45) is 0 Å². The summed E-state index contributed by atoms with van der Waals surface area (Å²) in [5, 5.41) is 8.78. The lowest BCUT2D eigenvalue weighted by molar-refractivity contribution is 0.409. The molecule has 2 nitrogen and oxygen atoms in total. The van der Waals surface area contributed by atoms with Crippen molar-refractivity contribution in [1.29, 1.82) is 5.26 Å². The molecule has 1 rings (SSSR count). The molecule has 3 heteroatoms. The predicted molar refractivity (Wildman–Crippen MR) is 49.7 cm³/mol. The Kier molecular flexibility index (Phi) is 2.61. The summed E-state index contributed by atoms with van der Waals surface area (Å²) in [5.74, 6) is 0.616. The standard InChI is InChI=1S/C9H9NOS/c1-6-3-4-8(12)7(5-10)9(6)11-2/h3-4,12H,1-2H3. The van der Waals surface area contributed by atoms with Crippen molar-refractivity contribution in [3.8, 4) is 11.8 Å². The summed E-state index contributed by atoms with van der Waals surface area (Å²) in [5.41, 5.74) is 1.45. The number of nitriles is 1. The predicted octanol–water partition coefficient (Wildman–Crippen LogP) is 2.16. The minimum absolute atomic E-state index is 0.501. The van der Waals surface area contributed by atoms with Crippen LogP contribution in [0.1, 0.15) is 11.1 Å². The Hall–Kier alpha value is -1.14. The summed E-state index contributed by atoms with van der Waals surface area (Å²) in [4.78, 5) is 0.653. The summed E-state index contributed by atoms with van der Waals surface area (Å²) in [6.07, 6.45) is 0. The Morgan fingerprint density at radius 3 is 2.58 bits per heavy atom. The maximum Gasteiger partial charge on any atom is 0.140 e. The second-order valence-electron chi connectivity index (χ2n) is 2.42. The first kappa shape index (κ1) is 8.95. The van der Waals surface area contributed by atoms with E-state index in [0.29, 0.717) is 16.2 Å². The van der Waals surface area contributed by atoms with Crippen LogP contribution in [0.3, 0.4) is 0 Å². The number of aryl methyl sites for hydroxylation is 1. The highest BCUT2D eigenvalue weighted by atomic mass is 32.1. The van der Waals surface area contributed by atoms with Crippen LogP contribution in [0.15, 0.2) is 17.0 Å². The van der Waals surface area contributed by atoms with Crippen molar-refractivity contribution in [2.45, 2.75) is 11.8 Å². The van der Waals surface area contributed by atoms with Gasteiger partial charge in [-0.1, -0.05) is 6.07 Å². The number of rotatable bonds is 1. The molecule has 0 fully saturated rings. The van der Waals surface area contributed by atoms with E-state index in [9.17, 15) is 0 Å². The van der Waals surface area contributed by atoms with Crippen LogP contribution in [0, 0.1) is 18.3 Å². The number of nitrogens with zero attached hydrogens (tertiary/aromatic N) is 1. The SMILES string of the molecule is COc1c(C)ccc(S)c1C#N. The summed E-state index contributed by atoms with van der Waals surface area (Å²) in [6.45, 7) is 1.90. The van der Waals surface area contributed by atoms with Crippen LogP contribution < -0.4 is 4.74 Å². The highest BCUT2D eigenvalue weighted by Crippen LogP contribution is 2.27. The molecule has 0 aromatic heterocycles. The summed E-state index contributed by atoms with van der Waals surface area (Å²) < 4.78 is 5.08. The second-order valence-corrected chi connectivity index (χ2v) is 2.90. The molecular weight excluding hydrogens is 170 g/mol. The van der Waals surface area contributed by atoms with E-state index >= 15 is 0 Å². The first-order chi connectivity index (χ1) is 5.70. The zero-order chi connectivity index (χ0) is 9.14. The molecule has 12 heavy (non-hydrogen) atoms. The van der Waals surface area contributed by atoms with Crippen LogP contribution in [0.25, 0.3) is 0 Å². The van der Waals surface area contributed by atoms with Crippen molar-refractivity contribution in [3.05, 3.63) is 23.3 Å². The van der Waals surface area contributed by atoms with Gasteiger partial charge < -0.3 is 4.74 Å². The third-order valence-corrected chi connectivity index (χ3v) is 2.02. The maximum atomic E-state index is 8.78. The lowest BCUT2D eigenvalue weighted by Gasteiger charge is -2.07. The van der Waals surface area contributed by atoms with E-state index in [1.165, 1.54) is 0 Å². The van der Waals surface area contributed by atoms with Crippen molar-refractivity contribution in [1.82, 2.24) is 0 Å². The fourth-order valence-electron chi connectivity index (χ4n) is 1.05. The van der Waals surface area contributed by atoms with Crippen molar-refractivity contribution in [2.75, 3.05) is 7.11 Å². The molecule has 0 aliphatic rings. The first-order valence-electron chi connectivity index (χ1n) is 3.47. The first-order valence-corrected chi connectivity index (χ1v) is 3.92. The molecular formula is C9H9NOS. The van der Waals surface area contributed by atoms with E-state index in [-0.39, 0.29) is 0 Å². The van der Waals surface area contributed by atoms with E-state index < -0.39 is 0 Å². The van der Waals surface area contributed by atoms with Gasteiger partial charge in [0.2, 0.25) is 0 Å². The molecule has 0 radical (unpaired) electrons. The molecule has 0 aliphatic heterocycles. The number of hydrogen-bond donors (Lipinski definition) is 1. The van der Waals surface area contributed by atoms with Gasteiger partial charge in [0.05, 0.1) is 7.11 Å². The molecule has 1 aromatic rings. The van der Waals surface area contributed by atoms with Gasteiger partial charge in [-0.2, -0.15) is 5.26 Å². The highest BCUT2D eigenvalue weighted by Gasteiger charge is 2.08. The topological polar surface area (TPSA) is 33.0 Å². The Balaban J connectivity index is 3.41. The lowest BCUT2D eigenvalue weighted by atomic mass is 10.1. The van der Waals surface area contributed by atoms with Crippen LogP contribution in [0.2, 0.25) is 0 Å². The maximum absolute atomic E-state index is 8.78. The molecule has 0 aliphatic carbocycles. The molecule has 62 valence electrons. The van der Waals surface area contributed by atoms with Crippen molar-refractivity contribution >= 4 is 12.6 Å². The zero-order valence-corrected chi connectivity index (χ0v) is 7.85. The van der Waals surface area contributed by atoms with E-state index in [1.54, 1.807) is 13.2 Å². The lowest BCUT2D eigenvalue weighted by Crippen LogP contribution is -1.92. The molecule has 0 amide bonds. The molecule has 0 unspecified atom stereocenters. The second kappa shape index (κ2) is 3.51. The highest BCUT2D eigenvalue weighted by molar-refractivity contribution is 7.80. The molecule has 0 atom stereocenters. The normalized spacial score (nSPS) is 9.17. The number of hydrogen-bond acceptors (Lipinski definition) is 3. The van der Waals surface area contributed by atoms with Gasteiger partial charge in [-0.15, -0.1) is 12.6 Å². The van der Waals surface area contributed by atoms with Gasteiger partial charge in [0.1, 0.15) is 17.4 Å². The largest absolute Gasteiger partial charge is 0.495 e. The molecule has 0 heterocycles. The average Bonchev–Trinajstić information content (AvgIpc) is 2.08. The monoisotopic (exact) mass is 179 g/mol. The van der Waals surface area contributed by atoms with E-state index in [0.717, 1.165) is 5.56 Å². The zero-order valence-electron chi connectivity index (χ0n) is 6.96. The van der Waals surface area contributed by atoms with Gasteiger partial charge in [-0.25, -0.2) is 0 Å². The van der Waals surface area contributed by atoms with Crippen LogP contribution >= 0.6 is 12.6 Å². The Labute approximate surface area is 77.2 Å². The van der Waals surface area contributed by atoms with Crippen molar-refractivity contribution < 1.29 is 4.74 Å². The Morgan fingerprint density at radius 2 is 2.17 bits per heavy atom. The van der Waals surface area contributed by atoms with Crippen LogP contribution in [0.4, 0.5) is 0 Å². The van der Waals surface area contributed by atoms with E-state index in [1.807, 2.05) is 13.0 Å². The van der Waals surface area contributed by atoms with E-state index in [4.69, 9.17) is 10.00 Å². The molecule has 1 aromatic carbocycles. The van der Waals surface area contributed by atoms with Gasteiger partial charge in [-0.05, 0) is 18.6 Å². The fraction of sp³-hybridized carbons (Fsp3) is 0.222. The Morgan fingerprint density at radius 1 is 1.50 bits per heavy atom. The summed E-state index contributed by atoms with van der Waals surface area (Å²) in [6, 6.07) is 5.72. The molecule has 0 N–H and O–H groups in total. The van der Waals surface area contributed by atoms with Crippen LogP contribution in [-0.2, 0) is 0 Å². The average molecular weight is 179 g/mol. The summed E-state index contributed by atoms with van der Waals surface area (Å²) in [7, 11) is 1.55. The number of thiol groups is 1. The van der Waals surface area contributed by atoms with Gasteiger partial charge in [0.15, 0.2) is 0 Å². The molecule has 0 saturated carbocycles. The van der Waals surface area contributed by atoms with Gasteiger partial charge in [0.25, 0.3) is 0 Å². The van der Waals surface area contributed by atoms with Crippen LogP contribution in [0.5, 0.6) is 5.75 Å². The molecule has 0 spiro atoms. The molecule has 0 saturated heterocycles. The number of benzene rings is 1. The number of ether oxygens (including phenoxy) is 1. The minimum Gasteiger partial charge on any atom is -0.495 e. The molecule has 0 bridgehead atoms. The summed E-state index contributed by atoms with van der Waals surface area (Å²) >= 11 is 4.15. The Bertz CT molecular complexity index is 341. The fourth-order valence-corrected chi connectivity index (χ4v) is 1.27. The van der Waals surface area contributed by atoms with Gasteiger partial charge in [0, 0.05) is 4.90 Å². The minimum atomic E-state index is 0.501. The smallest absolute Gasteiger partial charge is 0.140 e. The third kappa shape index (κ3) is 1.39. The number of methoxy groups -OCH3 is 1. The van der Waals surface area contributed by atoms with E-state index in [2.05, 4.69) is 18.7 Å². The third-order valence-electron chi connectivity index (χ3n) is 1.65. The van der Waals surface area contributed by atoms with Gasteiger partial charge >= 0.3 is 0 Å². The van der Waals surface area contributed by atoms with Gasteiger partial charge in [-0.3, -0.25) is 0 Å². The van der Waals surface area contributed by atoms with Crippen LogP contribution in [-0.4, -0.2) is 7.11 Å².